The van der Waals surface area contributed by atoms with E-state index in [-0.39, 0.29) is 31.9 Å². The van der Waals surface area contributed by atoms with Gasteiger partial charge in [0.2, 0.25) is 21.8 Å². The lowest BCUT2D eigenvalue weighted by Gasteiger charge is -2.35. The van der Waals surface area contributed by atoms with E-state index in [1.54, 1.807) is 40.0 Å². The van der Waals surface area contributed by atoms with E-state index in [1.165, 1.54) is 11.0 Å². The van der Waals surface area contributed by atoms with Gasteiger partial charge in [-0.2, -0.15) is 0 Å². The Hall–Kier alpha value is -6.00. The van der Waals surface area contributed by atoms with Crippen LogP contribution >= 0.6 is 0 Å². The molecule has 3 aromatic carbocycles. The average molecular weight is 908 g/mol. The van der Waals surface area contributed by atoms with Crippen LogP contribution in [-0.4, -0.2) is 104 Å². The molecule has 4 aliphatic rings. The summed E-state index contributed by atoms with van der Waals surface area (Å²) in [4.78, 5) is 63.6. The summed E-state index contributed by atoms with van der Waals surface area (Å²) in [7, 11) is -2.61. The van der Waals surface area contributed by atoms with E-state index in [0.29, 0.717) is 67.0 Å². The number of likely N-dealkylation sites (tertiary alicyclic amines) is 1. The van der Waals surface area contributed by atoms with Crippen molar-refractivity contribution in [2.45, 2.75) is 100 Å². The van der Waals surface area contributed by atoms with Crippen LogP contribution < -0.4 is 24.8 Å². The molecule has 3 heterocycles. The summed E-state index contributed by atoms with van der Waals surface area (Å²) in [5.74, 6) is -1.63. The van der Waals surface area contributed by atoms with E-state index < -0.39 is 73.6 Å². The fourth-order valence-corrected chi connectivity index (χ4v) is 10.6. The van der Waals surface area contributed by atoms with Gasteiger partial charge in [-0.3, -0.25) is 19.1 Å². The number of alkyl carbamates (subject to hydrolysis) is 1. The van der Waals surface area contributed by atoms with Gasteiger partial charge in [-0.25, -0.2) is 18.2 Å². The molecule has 4 amide bonds. The Morgan fingerprint density at radius 1 is 0.969 bits per heavy atom. The van der Waals surface area contributed by atoms with Crippen LogP contribution in [0, 0.1) is 11.3 Å². The molecule has 15 nitrogen and oxygen atoms in total. The molecule has 8 rings (SSSR count). The summed E-state index contributed by atoms with van der Waals surface area (Å²) in [6, 6.07) is 23.7. The molecule has 0 radical (unpaired) electrons. The number of sulfonamides is 1. The number of benzene rings is 3. The quantitative estimate of drug-likeness (QED) is 0.121. The van der Waals surface area contributed by atoms with Gasteiger partial charge in [-0.15, -0.1) is 6.58 Å². The van der Waals surface area contributed by atoms with Gasteiger partial charge in [0.25, 0.3) is 5.91 Å². The summed E-state index contributed by atoms with van der Waals surface area (Å²) in [5.41, 5.74) is 0.418. The first-order valence-electron chi connectivity index (χ1n) is 22.2. The minimum absolute atomic E-state index is 0.00343. The second-order valence-electron chi connectivity index (χ2n) is 18.7. The number of nitrogens with one attached hydrogen (secondary N) is 3. The zero-order valence-corrected chi connectivity index (χ0v) is 38.0. The highest BCUT2D eigenvalue weighted by molar-refractivity contribution is 7.91. The van der Waals surface area contributed by atoms with E-state index in [4.69, 9.17) is 23.9 Å². The summed E-state index contributed by atoms with van der Waals surface area (Å²) >= 11 is 0. The second kappa shape index (κ2) is 18.1. The monoisotopic (exact) mass is 907 g/mol. The fourth-order valence-electron chi connectivity index (χ4n) is 8.93. The molecule has 2 saturated heterocycles. The lowest BCUT2D eigenvalue weighted by Crippen LogP contribution is -2.60. The van der Waals surface area contributed by atoms with Crippen molar-refractivity contribution in [2.24, 2.45) is 11.3 Å². The van der Waals surface area contributed by atoms with Crippen molar-refractivity contribution in [2.75, 3.05) is 26.9 Å². The first-order chi connectivity index (χ1) is 31.0. The van der Waals surface area contributed by atoms with Gasteiger partial charge in [-0.1, -0.05) is 87.5 Å². The van der Waals surface area contributed by atoms with Crippen LogP contribution in [0.2, 0.25) is 0 Å². The number of carbonyl (C=O) groups excluding carboxylic acids is 4. The molecular weight excluding hydrogens is 851 g/mol. The Balaban J connectivity index is 1.09. The average Bonchev–Trinajstić information content (AvgIpc) is 4.20. The first kappa shape index (κ1) is 45.6. The highest BCUT2D eigenvalue weighted by Gasteiger charge is 2.63. The molecule has 2 aliphatic heterocycles. The minimum atomic E-state index is -4.18. The number of nitrogens with zero attached hydrogens (tertiary/aromatic N) is 2. The van der Waals surface area contributed by atoms with E-state index >= 15 is 0 Å². The van der Waals surface area contributed by atoms with Crippen molar-refractivity contribution in [3.8, 4) is 22.8 Å². The van der Waals surface area contributed by atoms with Gasteiger partial charge in [0.15, 0.2) is 0 Å². The van der Waals surface area contributed by atoms with Crippen molar-refractivity contribution in [1.82, 2.24) is 25.2 Å². The van der Waals surface area contributed by atoms with E-state index in [1.807, 2.05) is 72.8 Å². The number of methoxy groups -OCH3 is 1. The number of pyridine rings is 1. The highest BCUT2D eigenvalue weighted by Crippen LogP contribution is 2.49. The molecule has 5 unspecified atom stereocenters. The van der Waals surface area contributed by atoms with Crippen molar-refractivity contribution >= 4 is 44.7 Å². The second-order valence-corrected chi connectivity index (χ2v) is 20.8. The Morgan fingerprint density at radius 3 is 2.29 bits per heavy atom. The highest BCUT2D eigenvalue weighted by atomic mass is 32.2. The van der Waals surface area contributed by atoms with Gasteiger partial charge in [-0.05, 0) is 48.8 Å². The molecule has 65 heavy (non-hydrogen) atoms. The SMILES string of the molecule is C=CC1CC1(NC(=O)C1CC(Oc2cc(-c3ccccc3)nc3cc(OC)ccc23)CN1C(=O)C(NC(=O)OC1CCOCC1)C(C)(C)C)C(=O)NS(=O)(=O)C1(Cc2ccccc2)CC1. The van der Waals surface area contributed by atoms with Gasteiger partial charge >= 0.3 is 6.09 Å². The summed E-state index contributed by atoms with van der Waals surface area (Å²) in [6.07, 6.45) is 1.76. The molecule has 4 fully saturated rings. The predicted octanol–water partition coefficient (Wildman–Crippen LogP) is 5.86. The van der Waals surface area contributed by atoms with Gasteiger partial charge in [0.05, 0.1) is 42.8 Å². The van der Waals surface area contributed by atoms with Crippen molar-refractivity contribution in [3.05, 3.63) is 103 Å². The number of carbonyl (C=O) groups is 4. The van der Waals surface area contributed by atoms with Crippen LogP contribution in [0.15, 0.2) is 97.6 Å². The van der Waals surface area contributed by atoms with Crippen molar-refractivity contribution in [1.29, 1.82) is 0 Å². The van der Waals surface area contributed by atoms with E-state index in [2.05, 4.69) is 21.9 Å². The lowest BCUT2D eigenvalue weighted by atomic mass is 9.85. The maximum Gasteiger partial charge on any atom is 0.408 e. The van der Waals surface area contributed by atoms with Crippen molar-refractivity contribution < 1.29 is 46.5 Å². The lowest BCUT2D eigenvalue weighted by molar-refractivity contribution is -0.143. The number of hydrogen-bond donors (Lipinski definition) is 3. The van der Waals surface area contributed by atoms with E-state index in [9.17, 15) is 27.6 Å². The van der Waals surface area contributed by atoms with Crippen LogP contribution in [0.4, 0.5) is 4.79 Å². The minimum Gasteiger partial charge on any atom is -0.497 e. The van der Waals surface area contributed by atoms with Crippen LogP contribution in [0.25, 0.3) is 22.2 Å². The third-order valence-corrected chi connectivity index (χ3v) is 15.2. The fraction of sp³-hybridized carbons (Fsp3) is 0.449. The maximum absolute atomic E-state index is 14.9. The summed E-state index contributed by atoms with van der Waals surface area (Å²) in [5, 5.41) is 6.35. The first-order valence-corrected chi connectivity index (χ1v) is 23.6. The summed E-state index contributed by atoms with van der Waals surface area (Å²) in [6.45, 7) is 10.1. The van der Waals surface area contributed by atoms with Crippen LogP contribution in [0.3, 0.4) is 0 Å². The van der Waals surface area contributed by atoms with E-state index in [0.717, 1.165) is 11.1 Å². The van der Waals surface area contributed by atoms with Crippen molar-refractivity contribution in [3.63, 3.8) is 0 Å². The maximum atomic E-state index is 14.9. The summed E-state index contributed by atoms with van der Waals surface area (Å²) < 4.78 is 52.4. The molecule has 5 atom stereocenters. The Labute approximate surface area is 379 Å². The molecule has 4 aromatic rings. The molecule has 0 spiro atoms. The standard InChI is InChI=1S/C49H57N5O10S/c1-6-33-29-49(33,45(57)53-65(59,60)48(21-22-48)28-31-13-9-7-10-14-31)52-43(55)40-26-36(30-54(40)44(56)42(47(2,3)4)51-46(58)64-34-19-23-62-24-20-34)63-41-27-38(32-15-11-8-12-16-32)50-39-25-35(61-5)17-18-37(39)41/h6-18,25,27,33-34,36,40,42H,1,19-24,26,28-30H2,2-5H3,(H,51,58)(H,52,55)(H,53,57). The number of ether oxygens (including phenoxy) is 4. The normalized spacial score (nSPS) is 23.1. The molecule has 16 heteroatoms. The smallest absolute Gasteiger partial charge is 0.408 e. The molecule has 3 N–H and O–H groups in total. The van der Waals surface area contributed by atoms with Gasteiger partial charge < -0.3 is 34.5 Å². The molecule has 1 aromatic heterocycles. The Bertz CT molecular complexity index is 2560. The van der Waals surface area contributed by atoms with Crippen LogP contribution in [0.1, 0.15) is 64.9 Å². The Kier molecular flexibility index (Phi) is 12.7. The van der Waals surface area contributed by atoms with Gasteiger partial charge in [0.1, 0.15) is 41.3 Å². The molecule has 2 aliphatic carbocycles. The predicted molar refractivity (Wildman–Crippen MR) is 243 cm³/mol. The topological polar surface area (TPSA) is 192 Å². The zero-order valence-electron chi connectivity index (χ0n) is 37.2. The number of fused-ring (bicyclic) bond motifs is 1. The van der Waals surface area contributed by atoms with Gasteiger partial charge in [0, 0.05) is 48.3 Å². The molecule has 0 bridgehead atoms. The van der Waals surface area contributed by atoms with Crippen LogP contribution in [-0.2, 0) is 40.3 Å². The number of aromatic nitrogens is 1. The number of hydrogen-bond acceptors (Lipinski definition) is 11. The number of amides is 4. The third-order valence-electron chi connectivity index (χ3n) is 13.0. The molecule has 2 saturated carbocycles. The largest absolute Gasteiger partial charge is 0.497 e. The molecule has 344 valence electrons. The van der Waals surface area contributed by atoms with Crippen LogP contribution in [0.5, 0.6) is 11.5 Å². The third kappa shape index (κ3) is 9.69. The Morgan fingerprint density at radius 2 is 1.66 bits per heavy atom. The zero-order chi connectivity index (χ0) is 46.1. The molecular formula is C49H57N5O10S. The number of rotatable bonds is 15.